The first-order valence-corrected chi connectivity index (χ1v) is 13.3. The number of rotatable bonds is 16. The first-order valence-electron chi connectivity index (χ1n) is 13.3. The van der Waals surface area contributed by atoms with E-state index in [2.05, 4.69) is 15.4 Å². The van der Waals surface area contributed by atoms with Crippen molar-refractivity contribution in [2.24, 2.45) is 11.8 Å². The van der Waals surface area contributed by atoms with E-state index < -0.39 is 35.7 Å². The van der Waals surface area contributed by atoms with Crippen LogP contribution < -0.4 is 10.6 Å². The van der Waals surface area contributed by atoms with Gasteiger partial charge in [0.25, 0.3) is 0 Å². The number of hydrogen-bond acceptors (Lipinski definition) is 6. The van der Waals surface area contributed by atoms with Gasteiger partial charge in [-0.15, -0.1) is 0 Å². The van der Waals surface area contributed by atoms with Crippen LogP contribution in [0.2, 0.25) is 0 Å². The molecular formula is C30H40N2O7. The second-order valence-electron chi connectivity index (χ2n) is 10.1. The zero-order valence-electron chi connectivity index (χ0n) is 22.9. The van der Waals surface area contributed by atoms with Crippen molar-refractivity contribution in [1.82, 2.24) is 5.32 Å². The molecule has 2 atom stereocenters. The highest BCUT2D eigenvalue weighted by molar-refractivity contribution is 5.98. The van der Waals surface area contributed by atoms with E-state index in [4.69, 9.17) is 5.11 Å². The number of ether oxygens (including phenoxy) is 1. The summed E-state index contributed by atoms with van der Waals surface area (Å²) in [7, 11) is 1.29. The Labute approximate surface area is 230 Å². The molecule has 0 aromatic heterocycles. The third kappa shape index (κ3) is 11.3. The lowest BCUT2D eigenvalue weighted by Crippen LogP contribution is -2.47. The van der Waals surface area contributed by atoms with E-state index in [0.29, 0.717) is 43.4 Å². The quantitative estimate of drug-likeness (QED) is 0.236. The lowest BCUT2D eigenvalue weighted by atomic mass is 9.94. The maximum Gasteiger partial charge on any atom is 0.337 e. The lowest BCUT2D eigenvalue weighted by Gasteiger charge is -2.23. The summed E-state index contributed by atoms with van der Waals surface area (Å²) in [5.74, 6) is -3.11. The monoisotopic (exact) mass is 540 g/mol. The van der Waals surface area contributed by atoms with Gasteiger partial charge in [-0.05, 0) is 79.8 Å². The minimum atomic E-state index is -1.07. The molecule has 0 saturated heterocycles. The number of nitrogens with one attached hydrogen (secondary N) is 2. The van der Waals surface area contributed by atoms with Crippen LogP contribution in [-0.4, -0.2) is 53.7 Å². The molecular weight excluding hydrogens is 500 g/mol. The topological polar surface area (TPSA) is 142 Å². The zero-order chi connectivity index (χ0) is 28.8. The first-order chi connectivity index (χ1) is 18.6. The van der Waals surface area contributed by atoms with Crippen molar-refractivity contribution in [1.29, 1.82) is 0 Å². The van der Waals surface area contributed by atoms with Crippen molar-refractivity contribution in [2.45, 2.75) is 64.8 Å². The van der Waals surface area contributed by atoms with Gasteiger partial charge in [0.15, 0.2) is 0 Å². The van der Waals surface area contributed by atoms with Crippen LogP contribution in [0.4, 0.5) is 5.69 Å². The normalized spacial score (nSPS) is 12.4. The fraction of sp³-hybridized carbons (Fsp3) is 0.467. The molecule has 0 aliphatic carbocycles. The van der Waals surface area contributed by atoms with Gasteiger partial charge in [0.05, 0.1) is 19.1 Å². The van der Waals surface area contributed by atoms with Crippen LogP contribution in [0.25, 0.3) is 0 Å². The Balaban J connectivity index is 2.01. The standard InChI is InChI=1S/C30H40N2O7/c1-20(2)18-26(29(37)31-25-15-13-23(14-16-25)30(38)39-3)32-28(36)24(19-27(34)35)8-4-6-21-9-11-22(12-10-21)7-5-17-33/h9-16,20,24,26,33H,4-8,17-19H2,1-3H3,(H,31,37)(H,32,36)(H,34,35). The predicted octanol–water partition coefficient (Wildman–Crippen LogP) is 3.98. The average molecular weight is 541 g/mol. The molecule has 2 amide bonds. The summed E-state index contributed by atoms with van der Waals surface area (Å²) in [5.41, 5.74) is 3.04. The maximum absolute atomic E-state index is 13.1. The Morgan fingerprint density at radius 3 is 1.97 bits per heavy atom. The van der Waals surface area contributed by atoms with Crippen LogP contribution in [0.1, 0.15) is 67.4 Å². The van der Waals surface area contributed by atoms with Crippen molar-refractivity contribution in [3.8, 4) is 0 Å². The highest BCUT2D eigenvalue weighted by Crippen LogP contribution is 2.18. The molecule has 0 saturated carbocycles. The number of aliphatic hydroxyl groups is 1. The summed E-state index contributed by atoms with van der Waals surface area (Å²) in [6, 6.07) is 13.4. The van der Waals surface area contributed by atoms with E-state index in [0.717, 1.165) is 17.5 Å². The SMILES string of the molecule is COC(=O)c1ccc(NC(=O)C(CC(C)C)NC(=O)C(CCCc2ccc(CCCO)cc2)CC(=O)O)cc1. The second-order valence-corrected chi connectivity index (χ2v) is 10.1. The molecule has 0 radical (unpaired) electrons. The molecule has 0 aliphatic rings. The van der Waals surface area contributed by atoms with Crippen molar-refractivity contribution in [3.05, 3.63) is 65.2 Å². The number of carbonyl (C=O) groups is 4. The number of esters is 1. The van der Waals surface area contributed by atoms with E-state index in [1.54, 1.807) is 12.1 Å². The fourth-order valence-electron chi connectivity index (χ4n) is 4.27. The predicted molar refractivity (Wildman–Crippen MR) is 148 cm³/mol. The van der Waals surface area contributed by atoms with Gasteiger partial charge in [-0.2, -0.15) is 0 Å². The molecule has 4 N–H and O–H groups in total. The molecule has 2 aromatic rings. The summed E-state index contributed by atoms with van der Waals surface area (Å²) in [6.45, 7) is 4.02. The summed E-state index contributed by atoms with van der Waals surface area (Å²) in [6.07, 6.45) is 3.26. The number of carboxylic acids is 1. The molecule has 0 bridgehead atoms. The third-order valence-electron chi connectivity index (χ3n) is 6.37. The smallest absolute Gasteiger partial charge is 0.337 e. The molecule has 2 aromatic carbocycles. The second kappa shape index (κ2) is 16.3. The number of aryl methyl sites for hydroxylation is 2. The minimum Gasteiger partial charge on any atom is -0.481 e. The van der Waals surface area contributed by atoms with Crippen molar-refractivity contribution >= 4 is 29.4 Å². The molecule has 0 heterocycles. The minimum absolute atomic E-state index is 0.0982. The number of aliphatic hydroxyl groups excluding tert-OH is 1. The Morgan fingerprint density at radius 1 is 0.872 bits per heavy atom. The van der Waals surface area contributed by atoms with Crippen LogP contribution in [0.3, 0.4) is 0 Å². The van der Waals surface area contributed by atoms with Crippen molar-refractivity contribution in [2.75, 3.05) is 19.0 Å². The zero-order valence-corrected chi connectivity index (χ0v) is 22.9. The highest BCUT2D eigenvalue weighted by Gasteiger charge is 2.27. The molecule has 39 heavy (non-hydrogen) atoms. The van der Waals surface area contributed by atoms with Gasteiger partial charge in [0.1, 0.15) is 6.04 Å². The molecule has 0 aliphatic heterocycles. The van der Waals surface area contributed by atoms with E-state index in [1.165, 1.54) is 19.2 Å². The van der Waals surface area contributed by atoms with Crippen LogP contribution in [-0.2, 0) is 32.0 Å². The lowest BCUT2D eigenvalue weighted by molar-refractivity contribution is -0.141. The number of hydrogen-bond donors (Lipinski definition) is 4. The molecule has 0 fully saturated rings. The number of amides is 2. The van der Waals surface area contributed by atoms with E-state index in [9.17, 15) is 24.3 Å². The molecule has 0 spiro atoms. The number of aliphatic carboxylic acids is 1. The Morgan fingerprint density at radius 2 is 1.46 bits per heavy atom. The van der Waals surface area contributed by atoms with E-state index >= 15 is 0 Å². The van der Waals surface area contributed by atoms with Crippen LogP contribution in [0.15, 0.2) is 48.5 Å². The van der Waals surface area contributed by atoms with E-state index in [-0.39, 0.29) is 18.9 Å². The molecule has 2 unspecified atom stereocenters. The van der Waals surface area contributed by atoms with Gasteiger partial charge in [-0.1, -0.05) is 38.1 Å². The maximum atomic E-state index is 13.1. The summed E-state index contributed by atoms with van der Waals surface area (Å²) >= 11 is 0. The average Bonchev–Trinajstić information content (AvgIpc) is 2.91. The molecule has 212 valence electrons. The van der Waals surface area contributed by atoms with Crippen molar-refractivity contribution in [3.63, 3.8) is 0 Å². The third-order valence-corrected chi connectivity index (χ3v) is 6.37. The largest absolute Gasteiger partial charge is 0.481 e. The van der Waals surface area contributed by atoms with Crippen LogP contribution >= 0.6 is 0 Å². The van der Waals surface area contributed by atoms with Gasteiger partial charge in [0.2, 0.25) is 11.8 Å². The summed E-state index contributed by atoms with van der Waals surface area (Å²) in [4.78, 5) is 49.3. The van der Waals surface area contributed by atoms with Crippen LogP contribution in [0, 0.1) is 11.8 Å². The highest BCUT2D eigenvalue weighted by atomic mass is 16.5. The van der Waals surface area contributed by atoms with Gasteiger partial charge < -0.3 is 25.6 Å². The first kappa shape index (κ1) is 31.5. The molecule has 2 rings (SSSR count). The molecule has 9 heteroatoms. The van der Waals surface area contributed by atoms with Crippen LogP contribution in [0.5, 0.6) is 0 Å². The Kier molecular flexibility index (Phi) is 13.2. The van der Waals surface area contributed by atoms with Gasteiger partial charge in [-0.3, -0.25) is 14.4 Å². The number of anilines is 1. The molecule has 9 nitrogen and oxygen atoms in total. The Hall–Kier alpha value is -3.72. The number of benzene rings is 2. The number of carboxylic acid groups (broad SMARTS) is 1. The van der Waals surface area contributed by atoms with Gasteiger partial charge in [0, 0.05) is 18.2 Å². The number of methoxy groups -OCH3 is 1. The summed E-state index contributed by atoms with van der Waals surface area (Å²) < 4.78 is 4.68. The summed E-state index contributed by atoms with van der Waals surface area (Å²) in [5, 5.41) is 23.9. The van der Waals surface area contributed by atoms with E-state index in [1.807, 2.05) is 38.1 Å². The van der Waals surface area contributed by atoms with Crippen molar-refractivity contribution < 1.29 is 34.1 Å². The van der Waals surface area contributed by atoms with Gasteiger partial charge in [-0.25, -0.2) is 4.79 Å². The Bertz CT molecular complexity index is 1080. The number of carbonyl (C=O) groups excluding carboxylic acids is 3. The van der Waals surface area contributed by atoms with Gasteiger partial charge >= 0.3 is 11.9 Å². The fourth-order valence-corrected chi connectivity index (χ4v) is 4.27.